The molecular weight excluding hydrogens is 401 g/mol. The second kappa shape index (κ2) is 11.5. The van der Waals surface area contributed by atoms with E-state index in [-0.39, 0.29) is 11.7 Å². The molecule has 166 valence electrons. The summed E-state index contributed by atoms with van der Waals surface area (Å²) in [6.07, 6.45) is 7.26. The van der Waals surface area contributed by atoms with Gasteiger partial charge in [0.2, 0.25) is 5.91 Å². The highest BCUT2D eigenvalue weighted by Gasteiger charge is 2.29. The number of carbonyl (C=O) groups excluding carboxylic acids is 1. The van der Waals surface area contributed by atoms with E-state index in [4.69, 9.17) is 9.05 Å². The van der Waals surface area contributed by atoms with Crippen LogP contribution < -0.4 is 4.90 Å². The Morgan fingerprint density at radius 3 is 2.40 bits per heavy atom. The third kappa shape index (κ3) is 5.84. The maximum atomic E-state index is 12.7. The summed E-state index contributed by atoms with van der Waals surface area (Å²) in [6.45, 7) is 12.4. The number of unbranched alkanes of at least 4 members (excludes halogenated alkanes) is 1. The molecule has 2 rings (SSSR count). The van der Waals surface area contributed by atoms with Crippen molar-refractivity contribution in [3.05, 3.63) is 48.1 Å². The Morgan fingerprint density at radius 1 is 1.13 bits per heavy atom. The van der Waals surface area contributed by atoms with Gasteiger partial charge in [0.1, 0.15) is 5.75 Å². The van der Waals surface area contributed by atoms with Crippen LogP contribution in [0.25, 0.3) is 0 Å². The second-order valence-electron chi connectivity index (χ2n) is 7.27. The van der Waals surface area contributed by atoms with Gasteiger partial charge in [-0.25, -0.2) is 0 Å². The fourth-order valence-corrected chi connectivity index (χ4v) is 5.62. The number of anilines is 1. The third-order valence-corrected chi connectivity index (χ3v) is 7.35. The van der Waals surface area contributed by atoms with Gasteiger partial charge in [0.15, 0.2) is 0 Å². The van der Waals surface area contributed by atoms with Crippen LogP contribution in [0.5, 0.6) is 5.75 Å². The number of benzene rings is 1. The minimum Gasteiger partial charge on any atom is -0.507 e. The lowest BCUT2D eigenvalue weighted by atomic mass is 9.90. The Hall–Kier alpha value is -1.88. The van der Waals surface area contributed by atoms with E-state index < -0.39 is 7.60 Å². The first kappa shape index (κ1) is 24.4. The molecule has 0 aliphatic carbocycles. The fourth-order valence-electron chi connectivity index (χ4n) is 3.89. The van der Waals surface area contributed by atoms with Gasteiger partial charge in [0, 0.05) is 24.2 Å². The number of phenolic OH excluding ortho intramolecular Hbond substituents is 1. The molecule has 1 aliphatic rings. The Kier molecular flexibility index (Phi) is 9.35. The molecule has 0 bridgehead atoms. The van der Waals surface area contributed by atoms with Gasteiger partial charge in [0.25, 0.3) is 0 Å². The van der Waals surface area contributed by atoms with Crippen molar-refractivity contribution in [3.63, 3.8) is 0 Å². The van der Waals surface area contributed by atoms with E-state index in [1.165, 1.54) is 0 Å². The molecule has 6 nitrogen and oxygen atoms in total. The molecule has 0 saturated heterocycles. The number of hydrogen-bond acceptors (Lipinski definition) is 5. The first-order chi connectivity index (χ1) is 14.4. The molecule has 7 heteroatoms. The van der Waals surface area contributed by atoms with Crippen LogP contribution in [0.15, 0.2) is 31.4 Å². The van der Waals surface area contributed by atoms with Gasteiger partial charge in [-0.1, -0.05) is 12.2 Å². The number of allylic oxidation sites excluding steroid dienone is 2. The lowest BCUT2D eigenvalue weighted by Crippen LogP contribution is -2.36. The molecule has 0 radical (unpaired) electrons. The summed E-state index contributed by atoms with van der Waals surface area (Å²) in [4.78, 5) is 14.5. The van der Waals surface area contributed by atoms with Gasteiger partial charge in [-0.3, -0.25) is 9.36 Å². The molecule has 1 aromatic rings. The lowest BCUT2D eigenvalue weighted by Gasteiger charge is -2.32. The maximum absolute atomic E-state index is 12.7. The predicted octanol–water partition coefficient (Wildman–Crippen LogP) is 5.17. The van der Waals surface area contributed by atoms with E-state index in [2.05, 4.69) is 13.2 Å². The van der Waals surface area contributed by atoms with Gasteiger partial charge >= 0.3 is 7.60 Å². The van der Waals surface area contributed by atoms with E-state index in [0.29, 0.717) is 64.4 Å². The maximum Gasteiger partial charge on any atom is 0.330 e. The molecule has 0 spiro atoms. The molecule has 0 unspecified atom stereocenters. The minimum absolute atomic E-state index is 0.0695. The molecule has 0 atom stereocenters. The largest absolute Gasteiger partial charge is 0.507 e. The molecule has 1 aromatic carbocycles. The zero-order valence-corrected chi connectivity index (χ0v) is 19.1. The zero-order valence-electron chi connectivity index (χ0n) is 18.2. The van der Waals surface area contributed by atoms with Crippen molar-refractivity contribution in [2.45, 2.75) is 52.4 Å². The van der Waals surface area contributed by atoms with Gasteiger partial charge in [-0.15, -0.1) is 13.2 Å². The summed E-state index contributed by atoms with van der Waals surface area (Å²) in [5.41, 5.74) is 3.47. The van der Waals surface area contributed by atoms with Crippen molar-refractivity contribution in [1.82, 2.24) is 0 Å². The highest BCUT2D eigenvalue weighted by molar-refractivity contribution is 7.53. The number of phenols is 1. The van der Waals surface area contributed by atoms with Gasteiger partial charge in [-0.05, 0) is 63.1 Å². The Bertz CT molecular complexity index is 810. The smallest absolute Gasteiger partial charge is 0.330 e. The summed E-state index contributed by atoms with van der Waals surface area (Å²) in [7, 11) is -3.07. The predicted molar refractivity (Wildman–Crippen MR) is 122 cm³/mol. The highest BCUT2D eigenvalue weighted by atomic mass is 31.2. The van der Waals surface area contributed by atoms with Crippen LogP contribution in [-0.2, 0) is 37.7 Å². The third-order valence-electron chi connectivity index (χ3n) is 5.18. The van der Waals surface area contributed by atoms with Crippen molar-refractivity contribution in [2.24, 2.45) is 0 Å². The summed E-state index contributed by atoms with van der Waals surface area (Å²) < 4.78 is 23.3. The molecule has 0 aromatic heterocycles. The molecule has 1 heterocycles. The van der Waals surface area contributed by atoms with Gasteiger partial charge in [0.05, 0.1) is 19.4 Å². The Morgan fingerprint density at radius 2 is 1.80 bits per heavy atom. The van der Waals surface area contributed by atoms with Crippen molar-refractivity contribution in [1.29, 1.82) is 0 Å². The van der Waals surface area contributed by atoms with Crippen LogP contribution in [0, 0.1) is 0 Å². The van der Waals surface area contributed by atoms with Crippen LogP contribution in [-0.4, -0.2) is 36.9 Å². The number of nitrogens with zero attached hydrogens (tertiary/aromatic N) is 1. The summed E-state index contributed by atoms with van der Waals surface area (Å²) >= 11 is 0. The first-order valence-corrected chi connectivity index (χ1v) is 12.4. The summed E-state index contributed by atoms with van der Waals surface area (Å²) in [6, 6.07) is 1.90. The van der Waals surface area contributed by atoms with E-state index >= 15 is 0 Å². The van der Waals surface area contributed by atoms with Crippen LogP contribution in [0.4, 0.5) is 5.69 Å². The number of hydrogen-bond donors (Lipinski definition) is 1. The van der Waals surface area contributed by atoms with Crippen LogP contribution in [0.3, 0.4) is 0 Å². The highest BCUT2D eigenvalue weighted by Crippen LogP contribution is 2.48. The van der Waals surface area contributed by atoms with Crippen molar-refractivity contribution >= 4 is 19.2 Å². The monoisotopic (exact) mass is 435 g/mol. The lowest BCUT2D eigenvalue weighted by molar-refractivity contribution is -0.118. The molecular formula is C23H34NO5P. The second-order valence-corrected chi connectivity index (χ2v) is 9.45. The van der Waals surface area contributed by atoms with Crippen LogP contribution >= 0.6 is 7.60 Å². The first-order valence-electron chi connectivity index (χ1n) is 10.7. The van der Waals surface area contributed by atoms with E-state index in [1.54, 1.807) is 30.9 Å². The molecule has 1 aliphatic heterocycles. The van der Waals surface area contributed by atoms with Crippen LogP contribution in [0.1, 0.15) is 49.8 Å². The van der Waals surface area contributed by atoms with Crippen molar-refractivity contribution < 1.29 is 23.5 Å². The normalized spacial score (nSPS) is 13.9. The topological polar surface area (TPSA) is 76.1 Å². The Labute approximate surface area is 180 Å². The number of rotatable bonds is 13. The molecule has 0 saturated carbocycles. The average molecular weight is 436 g/mol. The minimum atomic E-state index is -3.07. The zero-order chi connectivity index (χ0) is 22.1. The molecule has 0 fully saturated rings. The molecule has 1 N–H and O–H groups in total. The van der Waals surface area contributed by atoms with E-state index in [0.717, 1.165) is 22.4 Å². The van der Waals surface area contributed by atoms with E-state index in [9.17, 15) is 14.5 Å². The standard InChI is InChI=1S/C23H34NO5P/c1-5-11-18-17-21-19(20(12-6-2)23(18)26)13-14-22(25)24(21)15-9-10-16-30(27,28-7-3)29-8-4/h5-6,17,26H,1-2,7-16H2,3-4H3. The number of fused-ring (bicyclic) bond motifs is 1. The number of aromatic hydroxyl groups is 1. The summed E-state index contributed by atoms with van der Waals surface area (Å²) in [5.74, 6) is 0.345. The SMILES string of the molecule is C=CCc1cc2c(c(CC=C)c1O)CCC(=O)N2CCCCP(=O)(OCC)OCC. The van der Waals surface area contributed by atoms with Gasteiger partial charge in [-0.2, -0.15) is 0 Å². The fraction of sp³-hybridized carbons (Fsp3) is 0.522. The molecule has 1 amide bonds. The van der Waals surface area contributed by atoms with Crippen molar-refractivity contribution in [2.75, 3.05) is 30.8 Å². The molecule has 30 heavy (non-hydrogen) atoms. The number of amides is 1. The quantitative estimate of drug-likeness (QED) is 0.263. The average Bonchev–Trinajstić information content (AvgIpc) is 2.70. The van der Waals surface area contributed by atoms with E-state index in [1.807, 2.05) is 6.07 Å². The van der Waals surface area contributed by atoms with Crippen LogP contribution in [0.2, 0.25) is 0 Å². The van der Waals surface area contributed by atoms with Gasteiger partial charge < -0.3 is 19.1 Å². The number of carbonyl (C=O) groups is 1. The van der Waals surface area contributed by atoms with Crippen molar-refractivity contribution in [3.8, 4) is 5.75 Å². The summed E-state index contributed by atoms with van der Waals surface area (Å²) in [5, 5.41) is 10.7. The Balaban J connectivity index is 2.20.